The molecule has 3 rings (SSSR count). The monoisotopic (exact) mass is 363 g/mol. The van der Waals surface area contributed by atoms with Gasteiger partial charge in [-0.1, -0.05) is 22.9 Å². The fourth-order valence-corrected chi connectivity index (χ4v) is 2.65. The Kier molecular flexibility index (Phi) is 5.62. The van der Waals surface area contributed by atoms with Crippen LogP contribution in [0.15, 0.2) is 30.6 Å². The first kappa shape index (κ1) is 17.4. The molecule has 0 spiro atoms. The molecule has 0 saturated carbocycles. The average molecular weight is 364 g/mol. The molecule has 0 unspecified atom stereocenters. The van der Waals surface area contributed by atoms with Gasteiger partial charge in [0.1, 0.15) is 18.0 Å². The first-order chi connectivity index (χ1) is 12.2. The Morgan fingerprint density at radius 3 is 3.00 bits per heavy atom. The molecule has 0 saturated heterocycles. The van der Waals surface area contributed by atoms with E-state index >= 15 is 0 Å². The average Bonchev–Trinajstić information content (AvgIpc) is 3.12. The van der Waals surface area contributed by atoms with Gasteiger partial charge in [0.15, 0.2) is 5.15 Å². The maximum atomic E-state index is 11.9. The van der Waals surface area contributed by atoms with Gasteiger partial charge in [0.05, 0.1) is 12.8 Å². The zero-order valence-corrected chi connectivity index (χ0v) is 14.5. The van der Waals surface area contributed by atoms with E-state index in [0.29, 0.717) is 37.0 Å². The second-order valence-corrected chi connectivity index (χ2v) is 5.75. The van der Waals surface area contributed by atoms with Gasteiger partial charge in [0.2, 0.25) is 0 Å². The molecule has 132 valence electrons. The molecule has 2 aromatic heterocycles. The van der Waals surface area contributed by atoms with Crippen LogP contribution in [0.2, 0.25) is 5.15 Å². The van der Waals surface area contributed by atoms with Gasteiger partial charge in [-0.05, 0) is 24.1 Å². The molecule has 1 aliphatic heterocycles. The summed E-state index contributed by atoms with van der Waals surface area (Å²) in [7, 11) is 1.57. The van der Waals surface area contributed by atoms with E-state index in [9.17, 15) is 4.79 Å². The molecule has 0 radical (unpaired) electrons. The van der Waals surface area contributed by atoms with Gasteiger partial charge in [0, 0.05) is 26.4 Å². The molecular weight excluding hydrogens is 346 g/mol. The lowest BCUT2D eigenvalue weighted by atomic mass is 10.1. The number of aromatic nitrogens is 4. The number of hydrogen-bond donors (Lipinski definition) is 0. The molecule has 0 aromatic carbocycles. The summed E-state index contributed by atoms with van der Waals surface area (Å²) in [5, 5.41) is 8.67. The Morgan fingerprint density at radius 2 is 2.28 bits per heavy atom. The number of methoxy groups -OCH3 is 1. The normalized spacial score (nSPS) is 14.3. The number of carbonyl (C=O) groups is 1. The molecule has 8 nitrogen and oxygen atoms in total. The van der Waals surface area contributed by atoms with E-state index in [2.05, 4.69) is 15.3 Å². The van der Waals surface area contributed by atoms with Crippen molar-refractivity contribution >= 4 is 23.3 Å². The van der Waals surface area contributed by atoms with Crippen LogP contribution in [0.1, 0.15) is 12.1 Å². The highest BCUT2D eigenvalue weighted by atomic mass is 35.5. The van der Waals surface area contributed by atoms with Crippen LogP contribution < -0.4 is 0 Å². The summed E-state index contributed by atoms with van der Waals surface area (Å²) in [6.45, 7) is 1.68. The van der Waals surface area contributed by atoms with E-state index in [4.69, 9.17) is 21.1 Å². The third-order valence-electron chi connectivity index (χ3n) is 3.79. The van der Waals surface area contributed by atoms with Crippen LogP contribution in [0.25, 0.3) is 11.3 Å². The predicted molar refractivity (Wildman–Crippen MR) is 91.6 cm³/mol. The van der Waals surface area contributed by atoms with Crippen molar-refractivity contribution in [3.05, 3.63) is 41.4 Å². The molecule has 3 heterocycles. The Bertz CT molecular complexity index is 777. The van der Waals surface area contributed by atoms with Gasteiger partial charge < -0.3 is 14.4 Å². The van der Waals surface area contributed by atoms with Crippen LogP contribution in [0.4, 0.5) is 4.79 Å². The van der Waals surface area contributed by atoms with Crippen molar-refractivity contribution in [2.75, 3.05) is 33.4 Å². The standard InChI is InChI=1S/C16H18ClN5O3/c1-24-9-10-25-16(23)21-7-4-12(5-8-21)13-11-22(20-19-13)14-3-2-6-18-15(14)17/h2-4,6,11H,5,7-10H2,1H3. The topological polar surface area (TPSA) is 82.4 Å². The van der Waals surface area contributed by atoms with Gasteiger partial charge in [-0.25, -0.2) is 14.5 Å². The molecule has 0 bridgehead atoms. The molecule has 2 aromatic rings. The fraction of sp³-hybridized carbons (Fsp3) is 0.375. The van der Waals surface area contributed by atoms with Gasteiger partial charge in [-0.2, -0.15) is 0 Å². The summed E-state index contributed by atoms with van der Waals surface area (Å²) in [6, 6.07) is 3.61. The Morgan fingerprint density at radius 1 is 1.40 bits per heavy atom. The third kappa shape index (κ3) is 4.15. The Balaban J connectivity index is 1.65. The van der Waals surface area contributed by atoms with Crippen molar-refractivity contribution in [1.29, 1.82) is 0 Å². The number of carbonyl (C=O) groups excluding carboxylic acids is 1. The molecule has 0 fully saturated rings. The van der Waals surface area contributed by atoms with E-state index in [-0.39, 0.29) is 12.7 Å². The van der Waals surface area contributed by atoms with Gasteiger partial charge in [-0.3, -0.25) is 0 Å². The number of pyridine rings is 1. The molecule has 25 heavy (non-hydrogen) atoms. The van der Waals surface area contributed by atoms with Crippen LogP contribution in [0, 0.1) is 0 Å². The highest BCUT2D eigenvalue weighted by Gasteiger charge is 2.20. The molecule has 1 aliphatic rings. The summed E-state index contributed by atoms with van der Waals surface area (Å²) in [5.74, 6) is 0. The first-order valence-electron chi connectivity index (χ1n) is 7.82. The fourth-order valence-electron chi connectivity index (χ4n) is 2.45. The second-order valence-electron chi connectivity index (χ2n) is 5.39. The van der Waals surface area contributed by atoms with Crippen LogP contribution in [0.3, 0.4) is 0 Å². The minimum absolute atomic E-state index is 0.253. The number of halogens is 1. The van der Waals surface area contributed by atoms with E-state index in [1.165, 1.54) is 0 Å². The number of nitrogens with zero attached hydrogens (tertiary/aromatic N) is 5. The van der Waals surface area contributed by atoms with E-state index in [0.717, 1.165) is 11.3 Å². The van der Waals surface area contributed by atoms with E-state index < -0.39 is 0 Å². The third-order valence-corrected chi connectivity index (χ3v) is 4.08. The number of ether oxygens (including phenoxy) is 2. The largest absolute Gasteiger partial charge is 0.447 e. The van der Waals surface area contributed by atoms with Crippen molar-refractivity contribution in [2.45, 2.75) is 6.42 Å². The lowest BCUT2D eigenvalue weighted by Crippen LogP contribution is -2.35. The minimum Gasteiger partial charge on any atom is -0.447 e. The maximum Gasteiger partial charge on any atom is 0.410 e. The van der Waals surface area contributed by atoms with Crippen LogP contribution >= 0.6 is 11.6 Å². The van der Waals surface area contributed by atoms with Gasteiger partial charge in [0.25, 0.3) is 0 Å². The molecule has 1 amide bonds. The van der Waals surface area contributed by atoms with Crippen molar-refractivity contribution in [2.24, 2.45) is 0 Å². The van der Waals surface area contributed by atoms with E-state index in [1.807, 2.05) is 12.1 Å². The SMILES string of the molecule is COCCOC(=O)N1CC=C(c2cn(-c3cccnc3Cl)nn2)CC1. The van der Waals surface area contributed by atoms with Gasteiger partial charge in [-0.15, -0.1) is 5.10 Å². The van der Waals surface area contributed by atoms with Crippen molar-refractivity contribution in [3.8, 4) is 5.69 Å². The number of rotatable bonds is 5. The quantitative estimate of drug-likeness (QED) is 0.598. The highest BCUT2D eigenvalue weighted by Crippen LogP contribution is 2.23. The van der Waals surface area contributed by atoms with E-state index in [1.54, 1.807) is 35.2 Å². The van der Waals surface area contributed by atoms with Crippen molar-refractivity contribution < 1.29 is 14.3 Å². The Labute approximate surface area is 150 Å². The molecule has 0 atom stereocenters. The highest BCUT2D eigenvalue weighted by molar-refractivity contribution is 6.31. The number of amides is 1. The molecular formula is C16H18ClN5O3. The number of hydrogen-bond acceptors (Lipinski definition) is 6. The molecule has 0 N–H and O–H groups in total. The summed E-state index contributed by atoms with van der Waals surface area (Å²) >= 11 is 6.08. The lowest BCUT2D eigenvalue weighted by Gasteiger charge is -2.25. The lowest BCUT2D eigenvalue weighted by molar-refractivity contribution is 0.0741. The minimum atomic E-state index is -0.335. The summed E-state index contributed by atoms with van der Waals surface area (Å²) < 4.78 is 11.6. The predicted octanol–water partition coefficient (Wildman–Crippen LogP) is 2.19. The van der Waals surface area contributed by atoms with Crippen molar-refractivity contribution in [1.82, 2.24) is 24.9 Å². The van der Waals surface area contributed by atoms with Crippen LogP contribution in [-0.2, 0) is 9.47 Å². The molecule has 9 heteroatoms. The summed E-state index contributed by atoms with van der Waals surface area (Å²) in [6.07, 6.45) is 5.73. The molecule has 0 aliphatic carbocycles. The first-order valence-corrected chi connectivity index (χ1v) is 8.20. The smallest absolute Gasteiger partial charge is 0.410 e. The van der Waals surface area contributed by atoms with Gasteiger partial charge >= 0.3 is 6.09 Å². The zero-order valence-electron chi connectivity index (χ0n) is 13.8. The zero-order chi connectivity index (χ0) is 17.6. The van der Waals surface area contributed by atoms with Crippen LogP contribution in [-0.4, -0.2) is 64.4 Å². The second kappa shape index (κ2) is 8.09. The summed E-state index contributed by atoms with van der Waals surface area (Å²) in [5.41, 5.74) is 2.46. The Hall–Kier alpha value is -2.45. The maximum absolute atomic E-state index is 11.9. The van der Waals surface area contributed by atoms with Crippen LogP contribution in [0.5, 0.6) is 0 Å². The summed E-state index contributed by atoms with van der Waals surface area (Å²) in [4.78, 5) is 17.6. The van der Waals surface area contributed by atoms with Crippen molar-refractivity contribution in [3.63, 3.8) is 0 Å².